The molecule has 3 fully saturated rings. The van der Waals surface area contributed by atoms with E-state index in [1.807, 2.05) is 18.2 Å². The Balaban J connectivity index is 1.62. The maximum atomic E-state index is 13.8. The summed E-state index contributed by atoms with van der Waals surface area (Å²) >= 11 is 0. The fourth-order valence-electron chi connectivity index (χ4n) is 9.20. The Labute approximate surface area is 244 Å². The van der Waals surface area contributed by atoms with Crippen molar-refractivity contribution in [1.29, 1.82) is 0 Å². The van der Waals surface area contributed by atoms with Crippen molar-refractivity contribution in [3.8, 4) is 0 Å². The number of ether oxygens (including phenoxy) is 2. The van der Waals surface area contributed by atoms with E-state index >= 15 is 0 Å². The Morgan fingerprint density at radius 3 is 2.33 bits per heavy atom. The first-order valence-corrected chi connectivity index (χ1v) is 18.7. The molecule has 0 radical (unpaired) electrons. The van der Waals surface area contributed by atoms with Crippen LogP contribution in [0.15, 0.2) is 30.3 Å². The van der Waals surface area contributed by atoms with Gasteiger partial charge in [-0.15, -0.1) is 0 Å². The first kappa shape index (κ1) is 31.9. The van der Waals surface area contributed by atoms with Crippen LogP contribution in [0.1, 0.15) is 92.6 Å². The van der Waals surface area contributed by atoms with Crippen LogP contribution in [0.4, 0.5) is 0 Å². The van der Waals surface area contributed by atoms with Gasteiger partial charge in [-0.05, 0) is 78.5 Å². The lowest BCUT2D eigenvalue weighted by Crippen LogP contribution is -2.64. The lowest BCUT2D eigenvalue weighted by Gasteiger charge is -2.62. The van der Waals surface area contributed by atoms with Gasteiger partial charge in [-0.1, -0.05) is 78.8 Å². The van der Waals surface area contributed by atoms with Crippen molar-refractivity contribution in [2.75, 3.05) is 13.4 Å². The van der Waals surface area contributed by atoms with Crippen molar-refractivity contribution in [1.82, 2.24) is 0 Å². The van der Waals surface area contributed by atoms with Crippen LogP contribution in [0, 0.1) is 34.0 Å². The van der Waals surface area contributed by atoms with Gasteiger partial charge in [0.25, 0.3) is 0 Å². The number of hydrogen-bond acceptors (Lipinski definition) is 5. The van der Waals surface area contributed by atoms with Crippen LogP contribution in [-0.4, -0.2) is 44.8 Å². The molecule has 1 aromatic rings. The minimum atomic E-state index is -1.78. The molecular formula is C34H56O5Si. The van der Waals surface area contributed by atoms with E-state index in [1.54, 1.807) is 0 Å². The Kier molecular flexibility index (Phi) is 10.1. The number of aliphatic hydroxyl groups excluding tert-OH is 1. The standard InChI is InChI=1S/C34H56O5Si/c1-8-32(6)21-29(36)33(7)27(23-39-40(9-2,10-3)11-4)17-19-34(20-18-28(35)30(33)34)25(5)31(32)38-24-37-22-26-15-13-12-14-16-26/h12-16,25,27,29-31,36H,8-11,17-24H2,1-7H3/t25-,27+,29-,30?,31+,32-,33+,34+/m1/s1. The molecule has 6 heteroatoms. The predicted octanol–water partition coefficient (Wildman–Crippen LogP) is 7.77. The third kappa shape index (κ3) is 5.53. The predicted molar refractivity (Wildman–Crippen MR) is 163 cm³/mol. The molecule has 3 aliphatic rings. The molecule has 0 saturated heterocycles. The second-order valence-corrected chi connectivity index (χ2v) is 18.6. The molecule has 40 heavy (non-hydrogen) atoms. The van der Waals surface area contributed by atoms with Gasteiger partial charge in [-0.25, -0.2) is 0 Å². The SMILES string of the molecule is CC[C@]1(C)C[C@@H](O)[C@@]2(C)C3C(=O)CC[C@@]3(CC[C@H]2CO[Si](CC)(CC)CC)[C@H](C)[C@@H]1OCOCc1ccccc1. The third-order valence-corrected chi connectivity index (χ3v) is 17.0. The van der Waals surface area contributed by atoms with E-state index in [2.05, 4.69) is 60.6 Å². The first-order valence-electron chi connectivity index (χ1n) is 16.1. The summed E-state index contributed by atoms with van der Waals surface area (Å²) in [5, 5.41) is 12.2. The highest BCUT2D eigenvalue weighted by atomic mass is 28.4. The van der Waals surface area contributed by atoms with E-state index in [4.69, 9.17) is 13.9 Å². The summed E-state index contributed by atoms with van der Waals surface area (Å²) in [5.74, 6) is 0.589. The lowest BCUT2D eigenvalue weighted by molar-refractivity contribution is -0.230. The van der Waals surface area contributed by atoms with Crippen molar-refractivity contribution >= 4 is 14.1 Å². The van der Waals surface area contributed by atoms with Gasteiger partial charge in [-0.3, -0.25) is 4.79 Å². The van der Waals surface area contributed by atoms with Crippen LogP contribution >= 0.6 is 0 Å². The Bertz CT molecular complexity index is 974. The van der Waals surface area contributed by atoms with Crippen LogP contribution < -0.4 is 0 Å². The van der Waals surface area contributed by atoms with Gasteiger partial charge in [0.05, 0.1) is 18.8 Å². The average molecular weight is 573 g/mol. The number of Topliss-reactive ketones (excluding diaryl/α,β-unsaturated/α-hetero) is 1. The molecule has 0 heterocycles. The highest BCUT2D eigenvalue weighted by Gasteiger charge is 2.68. The van der Waals surface area contributed by atoms with Gasteiger partial charge in [0, 0.05) is 24.4 Å². The van der Waals surface area contributed by atoms with Crippen molar-refractivity contribution in [2.24, 2.45) is 34.0 Å². The molecule has 8 atom stereocenters. The summed E-state index contributed by atoms with van der Waals surface area (Å²) in [6, 6.07) is 13.5. The quantitative estimate of drug-likeness (QED) is 0.157. The van der Waals surface area contributed by atoms with Crippen LogP contribution in [0.5, 0.6) is 0 Å². The van der Waals surface area contributed by atoms with Gasteiger partial charge < -0.3 is 19.0 Å². The van der Waals surface area contributed by atoms with E-state index in [9.17, 15) is 9.90 Å². The zero-order valence-corrected chi connectivity index (χ0v) is 27.3. The van der Waals surface area contributed by atoms with Gasteiger partial charge in [0.1, 0.15) is 12.6 Å². The second kappa shape index (κ2) is 12.7. The van der Waals surface area contributed by atoms with Crippen LogP contribution in [0.3, 0.4) is 0 Å². The van der Waals surface area contributed by atoms with Crippen molar-refractivity contribution in [3.05, 3.63) is 35.9 Å². The maximum absolute atomic E-state index is 13.8. The molecule has 2 bridgehead atoms. The minimum absolute atomic E-state index is 0.0889. The second-order valence-electron chi connectivity index (χ2n) is 13.8. The molecule has 0 spiro atoms. The topological polar surface area (TPSA) is 65.0 Å². The van der Waals surface area contributed by atoms with E-state index in [0.29, 0.717) is 31.8 Å². The number of hydrogen-bond donors (Lipinski definition) is 1. The van der Waals surface area contributed by atoms with Gasteiger partial charge >= 0.3 is 0 Å². The number of carbonyl (C=O) groups is 1. The van der Waals surface area contributed by atoms with E-state index in [1.165, 1.54) is 0 Å². The number of rotatable bonds is 12. The van der Waals surface area contributed by atoms with Crippen molar-refractivity contribution in [2.45, 2.75) is 124 Å². The molecule has 226 valence electrons. The molecular weight excluding hydrogens is 516 g/mol. The molecule has 4 rings (SSSR count). The number of ketones is 1. The highest BCUT2D eigenvalue weighted by molar-refractivity contribution is 6.73. The smallest absolute Gasteiger partial charge is 0.191 e. The molecule has 3 aliphatic carbocycles. The van der Waals surface area contributed by atoms with E-state index < -0.39 is 19.8 Å². The van der Waals surface area contributed by atoms with E-state index in [-0.39, 0.29) is 41.5 Å². The summed E-state index contributed by atoms with van der Waals surface area (Å²) < 4.78 is 19.6. The van der Waals surface area contributed by atoms with Crippen LogP contribution in [0.2, 0.25) is 18.1 Å². The molecule has 0 aromatic heterocycles. The third-order valence-electron chi connectivity index (χ3n) is 12.4. The average Bonchev–Trinajstić information content (AvgIpc) is 3.32. The number of benzene rings is 1. The number of carbonyl (C=O) groups excluding carboxylic acids is 1. The van der Waals surface area contributed by atoms with Crippen LogP contribution in [0.25, 0.3) is 0 Å². The lowest BCUT2D eigenvalue weighted by atomic mass is 9.43. The largest absolute Gasteiger partial charge is 0.417 e. The molecule has 0 amide bonds. The number of aliphatic hydroxyl groups is 1. The molecule has 1 unspecified atom stereocenters. The summed E-state index contributed by atoms with van der Waals surface area (Å²) in [6.45, 7) is 17.3. The highest BCUT2D eigenvalue weighted by Crippen LogP contribution is 2.68. The van der Waals surface area contributed by atoms with Gasteiger partial charge in [-0.2, -0.15) is 0 Å². The molecule has 5 nitrogen and oxygen atoms in total. The molecule has 1 aromatic carbocycles. The Morgan fingerprint density at radius 2 is 1.70 bits per heavy atom. The van der Waals surface area contributed by atoms with Crippen molar-refractivity contribution < 1.29 is 23.8 Å². The molecule has 1 N–H and O–H groups in total. The molecule has 0 aliphatic heterocycles. The summed E-state index contributed by atoms with van der Waals surface area (Å²) in [6.07, 6.45) is 4.38. The summed E-state index contributed by atoms with van der Waals surface area (Å²) in [7, 11) is -1.78. The first-order chi connectivity index (χ1) is 19.1. The Morgan fingerprint density at radius 1 is 1.02 bits per heavy atom. The van der Waals surface area contributed by atoms with Gasteiger partial charge in [0.15, 0.2) is 8.32 Å². The summed E-state index contributed by atoms with van der Waals surface area (Å²) in [5.41, 5.74) is 0.264. The normalized spacial score (nSPS) is 38.1. The van der Waals surface area contributed by atoms with E-state index in [0.717, 1.165) is 49.4 Å². The monoisotopic (exact) mass is 572 g/mol. The Hall–Kier alpha value is -1.05. The van der Waals surface area contributed by atoms with Crippen molar-refractivity contribution in [3.63, 3.8) is 0 Å². The fourth-order valence-corrected chi connectivity index (χ4v) is 11.9. The molecule has 3 saturated carbocycles. The minimum Gasteiger partial charge on any atom is -0.417 e. The van der Waals surface area contributed by atoms with Crippen LogP contribution in [-0.2, 0) is 25.3 Å². The zero-order valence-electron chi connectivity index (χ0n) is 26.3. The summed E-state index contributed by atoms with van der Waals surface area (Å²) in [4.78, 5) is 13.8. The van der Waals surface area contributed by atoms with Gasteiger partial charge in [0.2, 0.25) is 0 Å². The fraction of sp³-hybridized carbons (Fsp3) is 0.794. The maximum Gasteiger partial charge on any atom is 0.191 e. The zero-order chi connectivity index (χ0) is 29.2.